The summed E-state index contributed by atoms with van der Waals surface area (Å²) in [6.07, 6.45) is 3.78. The first-order valence-corrected chi connectivity index (χ1v) is 8.19. The van der Waals surface area contributed by atoms with Crippen LogP contribution in [-0.4, -0.2) is 35.0 Å². The number of piperidine rings is 1. The Morgan fingerprint density at radius 2 is 1.68 bits per heavy atom. The number of carboxylic acids is 1. The summed E-state index contributed by atoms with van der Waals surface area (Å²) in [7, 11) is 0. The second-order valence-corrected chi connectivity index (χ2v) is 6.24. The predicted molar refractivity (Wildman–Crippen MR) is 86.1 cm³/mol. The van der Waals surface area contributed by atoms with Gasteiger partial charge in [0, 0.05) is 31.0 Å². The SMILES string of the molecule is O=C(O)CCCCC(=O)N1CCC(c2ccc(Cl)cc2)CC1. The highest BCUT2D eigenvalue weighted by Crippen LogP contribution is 2.29. The highest BCUT2D eigenvalue weighted by molar-refractivity contribution is 6.30. The lowest BCUT2D eigenvalue weighted by molar-refractivity contribution is -0.137. The zero-order chi connectivity index (χ0) is 15.9. The molecule has 0 spiro atoms. The molecule has 1 fully saturated rings. The van der Waals surface area contributed by atoms with Gasteiger partial charge in [-0.1, -0.05) is 23.7 Å². The molecule has 1 aromatic rings. The van der Waals surface area contributed by atoms with Crippen molar-refractivity contribution in [3.63, 3.8) is 0 Å². The standard InChI is InChI=1S/C17H22ClNO3/c18-15-7-5-13(6-8-15)14-9-11-19(12-10-14)16(20)3-1-2-4-17(21)22/h5-8,14H,1-4,9-12H2,(H,21,22). The van der Waals surface area contributed by atoms with Crippen LogP contribution in [0.3, 0.4) is 0 Å². The van der Waals surface area contributed by atoms with E-state index in [0.717, 1.165) is 31.0 Å². The Balaban J connectivity index is 1.73. The van der Waals surface area contributed by atoms with E-state index in [9.17, 15) is 9.59 Å². The number of nitrogens with zero attached hydrogens (tertiary/aromatic N) is 1. The van der Waals surface area contributed by atoms with Crippen LogP contribution in [0.1, 0.15) is 50.0 Å². The molecule has 1 aromatic carbocycles. The maximum Gasteiger partial charge on any atom is 0.303 e. The molecule has 1 amide bonds. The second kappa shape index (κ2) is 8.18. The van der Waals surface area contributed by atoms with E-state index in [4.69, 9.17) is 16.7 Å². The average Bonchev–Trinajstić information content (AvgIpc) is 2.52. The first-order valence-electron chi connectivity index (χ1n) is 7.81. The summed E-state index contributed by atoms with van der Waals surface area (Å²) in [4.78, 5) is 24.4. The van der Waals surface area contributed by atoms with Gasteiger partial charge in [0.05, 0.1) is 0 Å². The zero-order valence-corrected chi connectivity index (χ0v) is 13.4. The Bertz CT molecular complexity index is 507. The van der Waals surface area contributed by atoms with Crippen molar-refractivity contribution < 1.29 is 14.7 Å². The second-order valence-electron chi connectivity index (χ2n) is 5.81. The molecule has 1 heterocycles. The van der Waals surface area contributed by atoms with E-state index < -0.39 is 5.97 Å². The van der Waals surface area contributed by atoms with Crippen LogP contribution in [0, 0.1) is 0 Å². The average molecular weight is 324 g/mol. The number of likely N-dealkylation sites (tertiary alicyclic amines) is 1. The molecule has 1 N–H and O–H groups in total. The van der Waals surface area contributed by atoms with E-state index in [2.05, 4.69) is 12.1 Å². The number of hydrogen-bond donors (Lipinski definition) is 1. The van der Waals surface area contributed by atoms with Gasteiger partial charge >= 0.3 is 5.97 Å². The highest BCUT2D eigenvalue weighted by Gasteiger charge is 2.23. The van der Waals surface area contributed by atoms with E-state index in [1.54, 1.807) is 0 Å². The van der Waals surface area contributed by atoms with Crippen molar-refractivity contribution in [1.29, 1.82) is 0 Å². The van der Waals surface area contributed by atoms with E-state index in [-0.39, 0.29) is 12.3 Å². The number of halogens is 1. The topological polar surface area (TPSA) is 57.6 Å². The van der Waals surface area contributed by atoms with Gasteiger partial charge in [-0.05, 0) is 49.3 Å². The maximum absolute atomic E-state index is 12.1. The van der Waals surface area contributed by atoms with Crippen LogP contribution in [0.5, 0.6) is 0 Å². The molecule has 120 valence electrons. The molecule has 2 rings (SSSR count). The van der Waals surface area contributed by atoms with E-state index >= 15 is 0 Å². The minimum atomic E-state index is -0.795. The molecule has 1 saturated heterocycles. The number of rotatable bonds is 6. The molecule has 4 nitrogen and oxygen atoms in total. The normalized spacial score (nSPS) is 15.8. The fourth-order valence-electron chi connectivity index (χ4n) is 2.91. The monoisotopic (exact) mass is 323 g/mol. The molecular weight excluding hydrogens is 302 g/mol. The van der Waals surface area contributed by atoms with Gasteiger partial charge in [-0.25, -0.2) is 0 Å². The summed E-state index contributed by atoms with van der Waals surface area (Å²) in [6.45, 7) is 1.57. The Morgan fingerprint density at radius 3 is 2.27 bits per heavy atom. The number of carbonyl (C=O) groups is 2. The number of amides is 1. The summed E-state index contributed by atoms with van der Waals surface area (Å²) < 4.78 is 0. The predicted octanol–water partition coefficient (Wildman–Crippen LogP) is 3.69. The maximum atomic E-state index is 12.1. The van der Waals surface area contributed by atoms with Gasteiger partial charge in [-0.15, -0.1) is 0 Å². The van der Waals surface area contributed by atoms with Crippen LogP contribution in [-0.2, 0) is 9.59 Å². The molecule has 5 heteroatoms. The molecule has 22 heavy (non-hydrogen) atoms. The molecule has 1 aliphatic rings. The smallest absolute Gasteiger partial charge is 0.303 e. The van der Waals surface area contributed by atoms with Gasteiger partial charge in [-0.2, -0.15) is 0 Å². The summed E-state index contributed by atoms with van der Waals surface area (Å²) in [5, 5.41) is 9.33. The minimum Gasteiger partial charge on any atom is -0.481 e. The molecule has 0 atom stereocenters. The lowest BCUT2D eigenvalue weighted by atomic mass is 9.89. The van der Waals surface area contributed by atoms with Crippen molar-refractivity contribution in [2.24, 2.45) is 0 Å². The van der Waals surface area contributed by atoms with Crippen LogP contribution in [0.15, 0.2) is 24.3 Å². The van der Waals surface area contributed by atoms with Crippen molar-refractivity contribution in [3.05, 3.63) is 34.9 Å². The van der Waals surface area contributed by atoms with Crippen molar-refractivity contribution >= 4 is 23.5 Å². The lowest BCUT2D eigenvalue weighted by Gasteiger charge is -2.32. The Labute approximate surface area is 136 Å². The molecule has 0 bridgehead atoms. The third-order valence-electron chi connectivity index (χ3n) is 4.22. The number of hydrogen-bond acceptors (Lipinski definition) is 2. The summed E-state index contributed by atoms with van der Waals surface area (Å²) in [5.74, 6) is -0.149. The van der Waals surface area contributed by atoms with Gasteiger partial charge in [0.1, 0.15) is 0 Å². The van der Waals surface area contributed by atoms with E-state index in [0.29, 0.717) is 25.2 Å². The third-order valence-corrected chi connectivity index (χ3v) is 4.47. The number of aliphatic carboxylic acids is 1. The van der Waals surface area contributed by atoms with Crippen molar-refractivity contribution in [1.82, 2.24) is 4.90 Å². The van der Waals surface area contributed by atoms with Crippen LogP contribution in [0.25, 0.3) is 0 Å². The van der Waals surface area contributed by atoms with Crippen LogP contribution < -0.4 is 0 Å². The molecule has 0 unspecified atom stereocenters. The largest absolute Gasteiger partial charge is 0.481 e. The fourth-order valence-corrected chi connectivity index (χ4v) is 3.03. The van der Waals surface area contributed by atoms with Crippen molar-refractivity contribution in [2.45, 2.75) is 44.4 Å². The number of unbranched alkanes of at least 4 members (excludes halogenated alkanes) is 1. The third kappa shape index (κ3) is 5.02. The number of benzene rings is 1. The van der Waals surface area contributed by atoms with Gasteiger partial charge in [-0.3, -0.25) is 9.59 Å². The summed E-state index contributed by atoms with van der Waals surface area (Å²) in [6, 6.07) is 7.96. The van der Waals surface area contributed by atoms with Gasteiger partial charge in [0.25, 0.3) is 0 Å². The van der Waals surface area contributed by atoms with Crippen LogP contribution in [0.4, 0.5) is 0 Å². The Morgan fingerprint density at radius 1 is 1.09 bits per heavy atom. The number of carbonyl (C=O) groups excluding carboxylic acids is 1. The van der Waals surface area contributed by atoms with Crippen molar-refractivity contribution in [2.75, 3.05) is 13.1 Å². The Hall–Kier alpha value is -1.55. The molecule has 0 aliphatic carbocycles. The lowest BCUT2D eigenvalue weighted by Crippen LogP contribution is -2.37. The molecular formula is C17H22ClNO3. The Kier molecular flexibility index (Phi) is 6.25. The van der Waals surface area contributed by atoms with E-state index in [1.807, 2.05) is 17.0 Å². The fraction of sp³-hybridized carbons (Fsp3) is 0.529. The summed E-state index contributed by atoms with van der Waals surface area (Å²) >= 11 is 5.91. The highest BCUT2D eigenvalue weighted by atomic mass is 35.5. The molecule has 1 aliphatic heterocycles. The van der Waals surface area contributed by atoms with Crippen molar-refractivity contribution in [3.8, 4) is 0 Å². The van der Waals surface area contributed by atoms with Gasteiger partial charge in [0.2, 0.25) is 5.91 Å². The van der Waals surface area contributed by atoms with Crippen LogP contribution in [0.2, 0.25) is 5.02 Å². The minimum absolute atomic E-state index is 0.145. The quantitative estimate of drug-likeness (QED) is 0.812. The zero-order valence-electron chi connectivity index (χ0n) is 12.6. The van der Waals surface area contributed by atoms with Gasteiger partial charge in [0.15, 0.2) is 0 Å². The van der Waals surface area contributed by atoms with E-state index in [1.165, 1.54) is 5.56 Å². The molecule has 0 saturated carbocycles. The molecule has 0 radical (unpaired) electrons. The first-order chi connectivity index (χ1) is 10.6. The number of carboxylic acid groups (broad SMARTS) is 1. The van der Waals surface area contributed by atoms with Crippen LogP contribution >= 0.6 is 11.6 Å². The first kappa shape index (κ1) is 16.8. The van der Waals surface area contributed by atoms with Gasteiger partial charge < -0.3 is 10.0 Å². The summed E-state index contributed by atoms with van der Waals surface area (Å²) in [5.41, 5.74) is 1.29. The molecule has 0 aromatic heterocycles.